The molecule has 2 aromatic carbocycles. The van der Waals surface area contributed by atoms with Crippen LogP contribution in [0.5, 0.6) is 0 Å². The van der Waals surface area contributed by atoms with E-state index in [1.54, 1.807) is 0 Å². The first-order chi connectivity index (χ1) is 10.6. The Morgan fingerprint density at radius 2 is 1.64 bits per heavy atom. The molecule has 0 aliphatic carbocycles. The lowest BCUT2D eigenvalue weighted by Crippen LogP contribution is -2.22. The summed E-state index contributed by atoms with van der Waals surface area (Å²) in [5.41, 5.74) is 8.55. The highest BCUT2D eigenvalue weighted by Gasteiger charge is 2.01. The highest BCUT2D eigenvalue weighted by atomic mass is 15.2. The minimum absolute atomic E-state index is 0.264. The molecule has 0 fully saturated rings. The summed E-state index contributed by atoms with van der Waals surface area (Å²) in [5.74, 6) is 0.628. The summed E-state index contributed by atoms with van der Waals surface area (Å²) >= 11 is 0. The van der Waals surface area contributed by atoms with Gasteiger partial charge >= 0.3 is 0 Å². The summed E-state index contributed by atoms with van der Waals surface area (Å²) in [4.78, 5) is 12.7. The summed E-state index contributed by atoms with van der Waals surface area (Å²) in [6.07, 6.45) is 0. The number of guanidine groups is 1. The molecule has 3 rings (SSSR count). The van der Waals surface area contributed by atoms with E-state index in [-0.39, 0.29) is 5.96 Å². The van der Waals surface area contributed by atoms with Crippen LogP contribution < -0.4 is 11.1 Å². The van der Waals surface area contributed by atoms with Crippen molar-refractivity contribution in [1.29, 1.82) is 0 Å². The normalized spacial score (nSPS) is 11.6. The Kier molecular flexibility index (Phi) is 3.70. The number of fused-ring (bicyclic) bond motifs is 1. The van der Waals surface area contributed by atoms with Crippen LogP contribution in [0.3, 0.4) is 0 Å². The number of aliphatic imine (C=N–C) groups is 1. The minimum atomic E-state index is 0.264. The van der Waals surface area contributed by atoms with Gasteiger partial charge in [-0.3, -0.25) is 0 Å². The number of rotatable bonds is 2. The lowest BCUT2D eigenvalue weighted by molar-refractivity contribution is 1.04. The Bertz CT molecular complexity index is 834. The van der Waals surface area contributed by atoms with Crippen molar-refractivity contribution in [1.82, 2.24) is 9.97 Å². The van der Waals surface area contributed by atoms with Crippen LogP contribution in [-0.2, 0) is 0 Å². The third kappa shape index (κ3) is 3.20. The Morgan fingerprint density at radius 1 is 0.955 bits per heavy atom. The van der Waals surface area contributed by atoms with Crippen molar-refractivity contribution in [3.63, 3.8) is 0 Å². The average Bonchev–Trinajstić information content (AvgIpc) is 2.45. The van der Waals surface area contributed by atoms with Crippen molar-refractivity contribution in [2.24, 2.45) is 10.7 Å². The van der Waals surface area contributed by atoms with Gasteiger partial charge in [-0.2, -0.15) is 4.99 Å². The molecule has 0 unspecified atom stereocenters. The zero-order valence-corrected chi connectivity index (χ0v) is 12.5. The largest absolute Gasteiger partial charge is 0.369 e. The quantitative estimate of drug-likeness (QED) is 0.561. The van der Waals surface area contributed by atoms with E-state index in [0.717, 1.165) is 22.5 Å². The first-order valence-electron chi connectivity index (χ1n) is 7.02. The van der Waals surface area contributed by atoms with Gasteiger partial charge in [0.05, 0.1) is 0 Å². The fourth-order valence-electron chi connectivity index (χ4n) is 2.31. The predicted octanol–water partition coefficient (Wildman–Crippen LogP) is 3.30. The van der Waals surface area contributed by atoms with Gasteiger partial charge < -0.3 is 11.1 Å². The second-order valence-electron chi connectivity index (χ2n) is 5.13. The topological polar surface area (TPSA) is 76.2 Å². The Morgan fingerprint density at radius 3 is 2.36 bits per heavy atom. The number of nitrogens with one attached hydrogen (secondary N) is 1. The van der Waals surface area contributed by atoms with Crippen molar-refractivity contribution in [3.05, 3.63) is 59.9 Å². The zero-order chi connectivity index (χ0) is 15.5. The fraction of sp³-hybridized carbons (Fsp3) is 0.118. The second kappa shape index (κ2) is 5.81. The first kappa shape index (κ1) is 14.0. The Balaban J connectivity index is 1.85. The van der Waals surface area contributed by atoms with E-state index in [1.807, 2.05) is 50.2 Å². The molecule has 1 heterocycles. The molecule has 0 aliphatic rings. The van der Waals surface area contributed by atoms with Crippen LogP contribution in [0, 0.1) is 13.8 Å². The van der Waals surface area contributed by atoms with Crippen molar-refractivity contribution in [2.45, 2.75) is 13.8 Å². The van der Waals surface area contributed by atoms with Crippen LogP contribution in [0.2, 0.25) is 0 Å². The van der Waals surface area contributed by atoms with Gasteiger partial charge in [0.2, 0.25) is 5.96 Å². The number of nitrogens with zero attached hydrogens (tertiary/aromatic N) is 3. The van der Waals surface area contributed by atoms with Gasteiger partial charge in [-0.25, -0.2) is 9.97 Å². The summed E-state index contributed by atoms with van der Waals surface area (Å²) in [5, 5.41) is 5.39. The summed E-state index contributed by atoms with van der Waals surface area (Å²) in [7, 11) is 0. The van der Waals surface area contributed by atoms with Gasteiger partial charge in [-0.15, -0.1) is 0 Å². The van der Waals surface area contributed by atoms with Crippen LogP contribution in [0.15, 0.2) is 53.5 Å². The molecule has 0 radical (unpaired) electrons. The second-order valence-corrected chi connectivity index (χ2v) is 5.13. The highest BCUT2D eigenvalue weighted by molar-refractivity contribution is 5.96. The molecule has 0 spiro atoms. The van der Waals surface area contributed by atoms with Crippen LogP contribution >= 0.6 is 0 Å². The Labute approximate surface area is 128 Å². The van der Waals surface area contributed by atoms with Gasteiger partial charge in [0, 0.05) is 17.1 Å². The predicted molar refractivity (Wildman–Crippen MR) is 90.4 cm³/mol. The van der Waals surface area contributed by atoms with E-state index in [1.165, 1.54) is 5.39 Å². The zero-order valence-electron chi connectivity index (χ0n) is 12.5. The van der Waals surface area contributed by atoms with Gasteiger partial charge in [-0.1, -0.05) is 30.3 Å². The third-order valence-electron chi connectivity index (χ3n) is 3.21. The van der Waals surface area contributed by atoms with Crippen LogP contribution in [0.1, 0.15) is 11.4 Å². The molecule has 3 aromatic rings. The highest BCUT2D eigenvalue weighted by Crippen LogP contribution is 2.18. The van der Waals surface area contributed by atoms with E-state index in [9.17, 15) is 0 Å². The molecule has 0 saturated carbocycles. The fourth-order valence-corrected chi connectivity index (χ4v) is 2.31. The molecule has 0 amide bonds. The summed E-state index contributed by atoms with van der Waals surface area (Å²) in [6, 6.07) is 16.1. The maximum Gasteiger partial charge on any atom is 0.253 e. The number of benzene rings is 2. The molecule has 3 N–H and O–H groups in total. The van der Waals surface area contributed by atoms with E-state index < -0.39 is 0 Å². The third-order valence-corrected chi connectivity index (χ3v) is 3.21. The standard InChI is InChI=1S/C17H17N5/c1-11-9-12(2)20-17(19-11)22-16(18)21-15-8-7-13-5-3-4-6-14(13)10-15/h3-10H,1-2H3,(H3,18,19,20,21,22). The SMILES string of the molecule is Cc1cc(C)nc(N=C(N)Nc2ccc3ccccc3c2)n1. The molecule has 5 nitrogen and oxygen atoms in total. The monoisotopic (exact) mass is 291 g/mol. The molecule has 110 valence electrons. The van der Waals surface area contributed by atoms with Gasteiger partial charge in [0.25, 0.3) is 5.95 Å². The average molecular weight is 291 g/mol. The number of nitrogens with two attached hydrogens (primary N) is 1. The molecule has 22 heavy (non-hydrogen) atoms. The van der Waals surface area contributed by atoms with Crippen molar-refractivity contribution < 1.29 is 0 Å². The van der Waals surface area contributed by atoms with E-state index in [2.05, 4.69) is 32.4 Å². The molecule has 0 aliphatic heterocycles. The molecular formula is C17H17N5. The van der Waals surface area contributed by atoms with Gasteiger partial charge in [-0.05, 0) is 42.8 Å². The van der Waals surface area contributed by atoms with Crippen molar-refractivity contribution >= 4 is 28.4 Å². The summed E-state index contributed by atoms with van der Waals surface area (Å²) in [6.45, 7) is 3.81. The Hall–Kier alpha value is -2.95. The lowest BCUT2D eigenvalue weighted by atomic mass is 10.1. The van der Waals surface area contributed by atoms with Crippen LogP contribution in [0.4, 0.5) is 11.6 Å². The molecule has 0 saturated heterocycles. The molecule has 0 bridgehead atoms. The number of aryl methyl sites for hydroxylation is 2. The number of hydrogen-bond acceptors (Lipinski definition) is 3. The summed E-state index contributed by atoms with van der Waals surface area (Å²) < 4.78 is 0. The lowest BCUT2D eigenvalue weighted by Gasteiger charge is -2.07. The number of hydrogen-bond donors (Lipinski definition) is 2. The maximum absolute atomic E-state index is 5.94. The van der Waals surface area contributed by atoms with Gasteiger partial charge in [0.15, 0.2) is 0 Å². The smallest absolute Gasteiger partial charge is 0.253 e. The van der Waals surface area contributed by atoms with Crippen molar-refractivity contribution in [2.75, 3.05) is 5.32 Å². The molecular weight excluding hydrogens is 274 g/mol. The van der Waals surface area contributed by atoms with Gasteiger partial charge in [0.1, 0.15) is 0 Å². The minimum Gasteiger partial charge on any atom is -0.369 e. The maximum atomic E-state index is 5.94. The molecule has 0 atom stereocenters. The van der Waals surface area contributed by atoms with E-state index in [4.69, 9.17) is 5.73 Å². The number of anilines is 1. The molecule has 1 aromatic heterocycles. The van der Waals surface area contributed by atoms with E-state index >= 15 is 0 Å². The number of aromatic nitrogens is 2. The molecule has 5 heteroatoms. The van der Waals surface area contributed by atoms with Crippen LogP contribution in [0.25, 0.3) is 10.8 Å². The van der Waals surface area contributed by atoms with Crippen LogP contribution in [-0.4, -0.2) is 15.9 Å². The van der Waals surface area contributed by atoms with E-state index in [0.29, 0.717) is 5.95 Å². The van der Waals surface area contributed by atoms with Crippen molar-refractivity contribution in [3.8, 4) is 0 Å². The first-order valence-corrected chi connectivity index (χ1v) is 7.02.